The number of ether oxygens (including phenoxy) is 2. The highest BCUT2D eigenvalue weighted by Gasteiger charge is 2.23. The predicted octanol–water partition coefficient (Wildman–Crippen LogP) is 6.36. The number of hydrogen-bond acceptors (Lipinski definition) is 9. The number of H-pyrrole nitrogens is 1. The van der Waals surface area contributed by atoms with E-state index in [1.165, 1.54) is 4.57 Å². The lowest BCUT2D eigenvalue weighted by atomic mass is 10.1. The third-order valence-electron chi connectivity index (χ3n) is 8.66. The van der Waals surface area contributed by atoms with Gasteiger partial charge in [-0.25, -0.2) is 19.3 Å². The van der Waals surface area contributed by atoms with Crippen molar-refractivity contribution >= 4 is 17.1 Å². The Morgan fingerprint density at radius 2 is 1.50 bits per heavy atom. The van der Waals surface area contributed by atoms with E-state index >= 15 is 0 Å². The summed E-state index contributed by atoms with van der Waals surface area (Å²) in [6, 6.07) is 26.5. The van der Waals surface area contributed by atoms with E-state index in [9.17, 15) is 9.59 Å². The Morgan fingerprint density at radius 1 is 0.827 bits per heavy atom. The molecule has 0 saturated heterocycles. The number of rotatable bonds is 18. The number of carbonyl (C=O) groups is 1. The lowest BCUT2D eigenvalue weighted by Crippen LogP contribution is -2.26. The maximum atomic E-state index is 13.7. The summed E-state index contributed by atoms with van der Waals surface area (Å²) in [4.78, 5) is 50.7. The van der Waals surface area contributed by atoms with Gasteiger partial charge in [-0.3, -0.25) is 19.7 Å². The second-order valence-electron chi connectivity index (χ2n) is 12.4. The standard InChI is InChI=1S/C40H44N8O4/c1-3-52-32-21-19-29(20-22-32)37-44-36(35-38(46-37)48(40(50)45-35)33-17-7-8-18-34(33)51-2)39(49)43-25-11-5-4-6-14-26-47(27-30-15-9-12-23-41-30)28-31-16-10-13-24-42-31/h7-10,12-13,15-24H,3-6,11,14,25-28H2,1-2H3,(H,43,49)(H,45,50). The lowest BCUT2D eigenvalue weighted by molar-refractivity contribution is 0.0949. The molecular weight excluding hydrogens is 656 g/mol. The van der Waals surface area contributed by atoms with Crippen LogP contribution in [0, 0.1) is 0 Å². The van der Waals surface area contributed by atoms with Crippen LogP contribution in [0.4, 0.5) is 0 Å². The number of unbranched alkanes of at least 4 members (excludes halogenated alkanes) is 4. The molecule has 2 aromatic carbocycles. The van der Waals surface area contributed by atoms with Gasteiger partial charge in [0.05, 0.1) is 30.8 Å². The van der Waals surface area contributed by atoms with Crippen LogP contribution in [0.2, 0.25) is 0 Å². The first-order valence-electron chi connectivity index (χ1n) is 17.7. The number of hydrogen-bond donors (Lipinski definition) is 2. The Balaban J connectivity index is 1.09. The third kappa shape index (κ3) is 9.07. The van der Waals surface area contributed by atoms with Crippen LogP contribution in [-0.4, -0.2) is 67.1 Å². The summed E-state index contributed by atoms with van der Waals surface area (Å²) in [7, 11) is 1.54. The van der Waals surface area contributed by atoms with E-state index in [1.807, 2.05) is 80.0 Å². The van der Waals surface area contributed by atoms with Crippen LogP contribution in [0.15, 0.2) is 102 Å². The van der Waals surface area contributed by atoms with Crippen LogP contribution in [0.1, 0.15) is 60.9 Å². The zero-order valence-electron chi connectivity index (χ0n) is 29.6. The number of fused-ring (bicyclic) bond motifs is 1. The van der Waals surface area contributed by atoms with Crippen molar-refractivity contribution in [1.29, 1.82) is 0 Å². The first-order chi connectivity index (χ1) is 25.5. The number of aromatic nitrogens is 6. The van der Waals surface area contributed by atoms with Crippen LogP contribution in [0.3, 0.4) is 0 Å². The van der Waals surface area contributed by atoms with Crippen LogP contribution in [0.25, 0.3) is 28.2 Å². The fourth-order valence-electron chi connectivity index (χ4n) is 6.12. The van der Waals surface area contributed by atoms with Gasteiger partial charge < -0.3 is 19.8 Å². The zero-order valence-corrected chi connectivity index (χ0v) is 29.6. The average Bonchev–Trinajstić information content (AvgIpc) is 3.51. The molecule has 12 heteroatoms. The highest BCUT2D eigenvalue weighted by Crippen LogP contribution is 2.27. The van der Waals surface area contributed by atoms with Gasteiger partial charge in [-0.1, -0.05) is 43.5 Å². The van der Waals surface area contributed by atoms with Crippen molar-refractivity contribution < 1.29 is 14.3 Å². The first kappa shape index (κ1) is 35.9. The minimum absolute atomic E-state index is 0.0977. The molecule has 4 aromatic heterocycles. The van der Waals surface area contributed by atoms with Gasteiger partial charge in [0.15, 0.2) is 17.2 Å². The summed E-state index contributed by atoms with van der Waals surface area (Å²) in [5.74, 6) is 1.13. The number of para-hydroxylation sites is 2. The molecule has 6 aromatic rings. The van der Waals surface area contributed by atoms with Crippen molar-refractivity contribution in [3.05, 3.63) is 125 Å². The molecule has 4 heterocycles. The van der Waals surface area contributed by atoms with E-state index < -0.39 is 5.69 Å². The van der Waals surface area contributed by atoms with E-state index in [-0.39, 0.29) is 22.8 Å². The van der Waals surface area contributed by atoms with Gasteiger partial charge >= 0.3 is 5.69 Å². The molecule has 0 bridgehead atoms. The smallest absolute Gasteiger partial charge is 0.332 e. The second-order valence-corrected chi connectivity index (χ2v) is 12.4. The largest absolute Gasteiger partial charge is 0.495 e. The van der Waals surface area contributed by atoms with Crippen molar-refractivity contribution in [1.82, 2.24) is 39.7 Å². The van der Waals surface area contributed by atoms with Crippen molar-refractivity contribution in [2.75, 3.05) is 26.8 Å². The Morgan fingerprint density at radius 3 is 2.17 bits per heavy atom. The highest BCUT2D eigenvalue weighted by molar-refractivity contribution is 6.03. The molecular formula is C40H44N8O4. The molecule has 0 atom stereocenters. The Hall–Kier alpha value is -5.88. The summed E-state index contributed by atoms with van der Waals surface area (Å²) < 4.78 is 12.6. The number of pyridine rings is 2. The van der Waals surface area contributed by atoms with E-state index in [4.69, 9.17) is 14.5 Å². The molecule has 0 aliphatic heterocycles. The maximum absolute atomic E-state index is 13.7. The van der Waals surface area contributed by atoms with Gasteiger partial charge in [-0.2, -0.15) is 0 Å². The summed E-state index contributed by atoms with van der Waals surface area (Å²) in [6.07, 6.45) is 8.62. The Labute approximate surface area is 302 Å². The molecule has 52 heavy (non-hydrogen) atoms. The van der Waals surface area contributed by atoms with Gasteiger partial charge in [0.1, 0.15) is 17.0 Å². The summed E-state index contributed by atoms with van der Waals surface area (Å²) in [5, 5.41) is 3.02. The molecule has 0 radical (unpaired) electrons. The number of nitrogens with zero attached hydrogens (tertiary/aromatic N) is 6. The highest BCUT2D eigenvalue weighted by atomic mass is 16.5. The average molecular weight is 701 g/mol. The maximum Gasteiger partial charge on any atom is 0.332 e. The first-order valence-corrected chi connectivity index (χ1v) is 17.7. The molecule has 0 aliphatic rings. The van der Waals surface area contributed by atoms with Crippen LogP contribution in [0.5, 0.6) is 11.5 Å². The van der Waals surface area contributed by atoms with Crippen LogP contribution in [-0.2, 0) is 13.1 Å². The number of amides is 1. The quantitative estimate of drug-likeness (QED) is 0.0981. The Kier molecular flexibility index (Phi) is 12.3. The molecule has 2 N–H and O–H groups in total. The number of aromatic amines is 1. The van der Waals surface area contributed by atoms with Crippen LogP contribution >= 0.6 is 0 Å². The van der Waals surface area contributed by atoms with E-state index in [1.54, 1.807) is 19.2 Å². The number of imidazole rings is 1. The van der Waals surface area contributed by atoms with Crippen molar-refractivity contribution in [2.24, 2.45) is 0 Å². The molecule has 0 spiro atoms. The van der Waals surface area contributed by atoms with E-state index in [0.29, 0.717) is 41.7 Å². The molecule has 12 nitrogen and oxygen atoms in total. The zero-order chi connectivity index (χ0) is 36.1. The molecule has 268 valence electrons. The summed E-state index contributed by atoms with van der Waals surface area (Å²) in [5.41, 5.74) is 3.44. The lowest BCUT2D eigenvalue weighted by Gasteiger charge is -2.21. The second kappa shape index (κ2) is 17.9. The van der Waals surface area contributed by atoms with Crippen molar-refractivity contribution in [3.8, 4) is 28.6 Å². The minimum Gasteiger partial charge on any atom is -0.495 e. The monoisotopic (exact) mass is 700 g/mol. The minimum atomic E-state index is -0.453. The molecule has 1 amide bonds. The van der Waals surface area contributed by atoms with Crippen molar-refractivity contribution in [3.63, 3.8) is 0 Å². The molecule has 0 saturated carbocycles. The predicted molar refractivity (Wildman–Crippen MR) is 201 cm³/mol. The SMILES string of the molecule is CCOc1ccc(-c2nc(C(=O)NCCCCCCCN(Cc3ccccn3)Cc3ccccn3)c3[nH]c(=O)n(-c4ccccc4OC)c3n2)cc1. The van der Waals surface area contributed by atoms with Gasteiger partial charge in [0.25, 0.3) is 5.91 Å². The summed E-state index contributed by atoms with van der Waals surface area (Å²) in [6.45, 7) is 5.42. The van der Waals surface area contributed by atoms with Gasteiger partial charge in [-0.15, -0.1) is 0 Å². The normalized spacial score (nSPS) is 11.2. The molecule has 0 fully saturated rings. The number of carbonyl (C=O) groups excluding carboxylic acids is 1. The molecule has 0 unspecified atom stereocenters. The fraction of sp³-hybridized carbons (Fsp3) is 0.300. The third-order valence-corrected chi connectivity index (χ3v) is 8.66. The van der Waals surface area contributed by atoms with Crippen LogP contribution < -0.4 is 20.5 Å². The van der Waals surface area contributed by atoms with E-state index in [2.05, 4.69) is 42.3 Å². The molecule has 6 rings (SSSR count). The number of nitrogens with one attached hydrogen (secondary N) is 2. The fourth-order valence-corrected chi connectivity index (χ4v) is 6.12. The van der Waals surface area contributed by atoms with Crippen molar-refractivity contribution in [2.45, 2.75) is 52.1 Å². The number of methoxy groups -OCH3 is 1. The molecule has 0 aliphatic carbocycles. The Bertz CT molecular complexity index is 2060. The van der Waals surface area contributed by atoms with Gasteiger partial charge in [0, 0.05) is 37.6 Å². The summed E-state index contributed by atoms with van der Waals surface area (Å²) >= 11 is 0. The van der Waals surface area contributed by atoms with Gasteiger partial charge in [-0.05, 0) is 87.0 Å². The number of benzene rings is 2. The van der Waals surface area contributed by atoms with Gasteiger partial charge in [0.2, 0.25) is 0 Å². The topological polar surface area (TPSA) is 140 Å². The van der Waals surface area contributed by atoms with E-state index in [0.717, 1.165) is 63.1 Å².